The molecule has 6 heteroatoms. The maximum Gasteiger partial charge on any atom is 0.252 e. The van der Waals surface area contributed by atoms with Gasteiger partial charge in [0.15, 0.2) is 0 Å². The van der Waals surface area contributed by atoms with Crippen LogP contribution in [-0.4, -0.2) is 15.9 Å². The van der Waals surface area contributed by atoms with Crippen molar-refractivity contribution in [2.45, 2.75) is 39.2 Å². The maximum atomic E-state index is 12.4. The van der Waals surface area contributed by atoms with Crippen molar-refractivity contribution in [2.75, 3.05) is 0 Å². The van der Waals surface area contributed by atoms with E-state index in [0.717, 1.165) is 17.1 Å². The summed E-state index contributed by atoms with van der Waals surface area (Å²) in [7, 11) is 0. The summed E-state index contributed by atoms with van der Waals surface area (Å²) < 4.78 is 0. The second kappa shape index (κ2) is 7.00. The number of hydrogen-bond acceptors (Lipinski definition) is 4. The van der Waals surface area contributed by atoms with Crippen LogP contribution in [0.3, 0.4) is 0 Å². The number of carbonyl (C=O) groups excluding carboxylic acids is 1. The minimum absolute atomic E-state index is 0.0769. The van der Waals surface area contributed by atoms with Gasteiger partial charge in [0.25, 0.3) is 5.91 Å². The van der Waals surface area contributed by atoms with Gasteiger partial charge in [-0.2, -0.15) is 0 Å². The van der Waals surface area contributed by atoms with Gasteiger partial charge in [-0.3, -0.25) is 4.79 Å². The number of aromatic nitrogens is 2. The van der Waals surface area contributed by atoms with Crippen molar-refractivity contribution in [3.63, 3.8) is 0 Å². The van der Waals surface area contributed by atoms with Crippen molar-refractivity contribution in [1.82, 2.24) is 15.3 Å². The number of amides is 1. The van der Waals surface area contributed by atoms with E-state index in [2.05, 4.69) is 15.3 Å². The molecule has 1 amide bonds. The molecule has 0 aliphatic rings. The largest absolute Gasteiger partial charge is 0.343 e. The van der Waals surface area contributed by atoms with E-state index in [1.807, 2.05) is 26.2 Å². The average Bonchev–Trinajstić information content (AvgIpc) is 2.97. The summed E-state index contributed by atoms with van der Waals surface area (Å²) in [6.07, 6.45) is 2.53. The van der Waals surface area contributed by atoms with E-state index in [1.54, 1.807) is 18.3 Å². The van der Waals surface area contributed by atoms with Crippen molar-refractivity contribution < 1.29 is 4.79 Å². The molecule has 2 heterocycles. The average molecular weight is 324 g/mol. The standard InChI is InChI=1S/C15H18ClN3OS/c1-4-11(15-17-5-6-21-15)19-14(20)10-7-12(9(2)3)18-13(16)8-10/h5-9,11H,4H2,1-3H3,(H,19,20). The fraction of sp³-hybridized carbons (Fsp3) is 0.400. The summed E-state index contributed by atoms with van der Waals surface area (Å²) in [6, 6.07) is 3.31. The number of nitrogens with zero attached hydrogens (tertiary/aromatic N) is 2. The SMILES string of the molecule is CCC(NC(=O)c1cc(Cl)nc(C(C)C)c1)c1nccs1. The molecular weight excluding hydrogens is 306 g/mol. The molecule has 0 saturated heterocycles. The Morgan fingerprint density at radius 3 is 2.76 bits per heavy atom. The molecule has 0 spiro atoms. The third-order valence-corrected chi connectivity index (χ3v) is 4.21. The van der Waals surface area contributed by atoms with Crippen LogP contribution in [0.25, 0.3) is 0 Å². The minimum Gasteiger partial charge on any atom is -0.343 e. The fourth-order valence-electron chi connectivity index (χ4n) is 1.93. The molecule has 4 nitrogen and oxygen atoms in total. The van der Waals surface area contributed by atoms with Gasteiger partial charge in [-0.05, 0) is 24.5 Å². The first-order valence-corrected chi connectivity index (χ1v) is 8.14. The lowest BCUT2D eigenvalue weighted by Crippen LogP contribution is -2.28. The molecule has 0 radical (unpaired) electrons. The van der Waals surface area contributed by atoms with E-state index in [1.165, 1.54) is 11.3 Å². The van der Waals surface area contributed by atoms with E-state index in [-0.39, 0.29) is 17.9 Å². The highest BCUT2D eigenvalue weighted by atomic mass is 35.5. The monoisotopic (exact) mass is 323 g/mol. The van der Waals surface area contributed by atoms with Gasteiger partial charge in [-0.1, -0.05) is 32.4 Å². The summed E-state index contributed by atoms with van der Waals surface area (Å²) in [4.78, 5) is 20.9. The third-order valence-electron chi connectivity index (χ3n) is 3.13. The van der Waals surface area contributed by atoms with Crippen LogP contribution < -0.4 is 5.32 Å². The Kier molecular flexibility index (Phi) is 5.31. The highest BCUT2D eigenvalue weighted by molar-refractivity contribution is 7.09. The summed E-state index contributed by atoms with van der Waals surface area (Å²) >= 11 is 7.55. The number of halogens is 1. The topological polar surface area (TPSA) is 54.9 Å². The van der Waals surface area contributed by atoms with Crippen molar-refractivity contribution in [3.05, 3.63) is 45.1 Å². The van der Waals surface area contributed by atoms with Crippen LogP contribution in [0.2, 0.25) is 5.15 Å². The van der Waals surface area contributed by atoms with Gasteiger partial charge >= 0.3 is 0 Å². The normalized spacial score (nSPS) is 12.4. The van der Waals surface area contributed by atoms with E-state index in [0.29, 0.717) is 10.7 Å². The van der Waals surface area contributed by atoms with Crippen molar-refractivity contribution >= 4 is 28.8 Å². The van der Waals surface area contributed by atoms with Crippen LogP contribution in [0.5, 0.6) is 0 Å². The summed E-state index contributed by atoms with van der Waals surface area (Å²) in [5, 5.41) is 6.16. The fourth-order valence-corrected chi connectivity index (χ4v) is 2.92. The molecule has 1 N–H and O–H groups in total. The first kappa shape index (κ1) is 15.9. The number of thiazole rings is 1. The minimum atomic E-state index is -0.150. The zero-order valence-electron chi connectivity index (χ0n) is 12.3. The Bertz CT molecular complexity index is 613. The lowest BCUT2D eigenvalue weighted by Gasteiger charge is -2.15. The summed E-state index contributed by atoms with van der Waals surface area (Å²) in [6.45, 7) is 6.06. The number of pyridine rings is 1. The predicted molar refractivity (Wildman–Crippen MR) is 85.9 cm³/mol. The Balaban J connectivity index is 2.20. The van der Waals surface area contributed by atoms with Crippen LogP contribution in [0.1, 0.15) is 60.2 Å². The number of rotatable bonds is 5. The zero-order valence-corrected chi connectivity index (χ0v) is 13.8. The molecule has 0 aliphatic heterocycles. The molecular formula is C15H18ClN3OS. The third kappa shape index (κ3) is 4.02. The molecule has 0 fully saturated rings. The molecule has 0 aromatic carbocycles. The van der Waals surface area contributed by atoms with Crippen molar-refractivity contribution in [1.29, 1.82) is 0 Å². The number of carbonyl (C=O) groups is 1. The Hall–Kier alpha value is -1.46. The Morgan fingerprint density at radius 2 is 2.19 bits per heavy atom. The van der Waals surface area contributed by atoms with Crippen LogP contribution in [0.4, 0.5) is 0 Å². The van der Waals surface area contributed by atoms with Crippen LogP contribution >= 0.6 is 22.9 Å². The van der Waals surface area contributed by atoms with E-state index < -0.39 is 0 Å². The summed E-state index contributed by atoms with van der Waals surface area (Å²) in [5.41, 5.74) is 1.35. The van der Waals surface area contributed by atoms with Gasteiger partial charge in [0.05, 0.1) is 6.04 Å². The highest BCUT2D eigenvalue weighted by Crippen LogP contribution is 2.21. The van der Waals surface area contributed by atoms with Gasteiger partial charge < -0.3 is 5.32 Å². The second-order valence-corrected chi connectivity index (χ2v) is 6.38. The van der Waals surface area contributed by atoms with Gasteiger partial charge in [-0.15, -0.1) is 11.3 Å². The van der Waals surface area contributed by atoms with Gasteiger partial charge in [0.1, 0.15) is 10.2 Å². The van der Waals surface area contributed by atoms with Gasteiger partial charge in [0, 0.05) is 22.8 Å². The van der Waals surface area contributed by atoms with Crippen molar-refractivity contribution in [3.8, 4) is 0 Å². The molecule has 112 valence electrons. The van der Waals surface area contributed by atoms with Crippen LogP contribution in [0.15, 0.2) is 23.7 Å². The smallest absolute Gasteiger partial charge is 0.252 e. The molecule has 0 bridgehead atoms. The quantitative estimate of drug-likeness (QED) is 0.839. The first-order valence-electron chi connectivity index (χ1n) is 6.89. The van der Waals surface area contributed by atoms with Crippen molar-refractivity contribution in [2.24, 2.45) is 0 Å². The number of hydrogen-bond donors (Lipinski definition) is 1. The molecule has 1 unspecified atom stereocenters. The molecule has 2 rings (SSSR count). The molecule has 2 aromatic heterocycles. The predicted octanol–water partition coefficient (Wildman–Crippen LogP) is 4.20. The first-order chi connectivity index (χ1) is 10.0. The molecule has 0 saturated carbocycles. The molecule has 0 aliphatic carbocycles. The Morgan fingerprint density at radius 1 is 1.43 bits per heavy atom. The van der Waals surface area contributed by atoms with E-state index in [9.17, 15) is 4.79 Å². The molecule has 21 heavy (non-hydrogen) atoms. The lowest BCUT2D eigenvalue weighted by atomic mass is 10.1. The van der Waals surface area contributed by atoms with Crippen LogP contribution in [0, 0.1) is 0 Å². The zero-order chi connectivity index (χ0) is 15.4. The number of nitrogens with one attached hydrogen (secondary N) is 1. The highest BCUT2D eigenvalue weighted by Gasteiger charge is 2.17. The van der Waals surface area contributed by atoms with Gasteiger partial charge in [-0.25, -0.2) is 9.97 Å². The van der Waals surface area contributed by atoms with Crippen LogP contribution in [-0.2, 0) is 0 Å². The maximum absolute atomic E-state index is 12.4. The Labute approximate surface area is 133 Å². The molecule has 2 aromatic rings. The summed E-state index contributed by atoms with van der Waals surface area (Å²) in [5.74, 6) is 0.0689. The lowest BCUT2D eigenvalue weighted by molar-refractivity contribution is 0.0935. The van der Waals surface area contributed by atoms with E-state index in [4.69, 9.17) is 11.6 Å². The second-order valence-electron chi connectivity index (χ2n) is 5.06. The van der Waals surface area contributed by atoms with E-state index >= 15 is 0 Å². The molecule has 1 atom stereocenters. The van der Waals surface area contributed by atoms with Gasteiger partial charge in [0.2, 0.25) is 0 Å².